The molecule has 0 aromatic carbocycles. The molecule has 0 N–H and O–H groups in total. The fraction of sp³-hybridized carbons (Fsp3) is 0.545. The Kier molecular flexibility index (Phi) is 6.54. The molecule has 0 radical (unpaired) electrons. The smallest absolute Gasteiger partial charge is 0.409 e. The Labute approximate surface area is 86.0 Å². The van der Waals surface area contributed by atoms with Crippen LogP contribution < -0.4 is 0 Å². The summed E-state index contributed by atoms with van der Waals surface area (Å²) in [5.41, 5.74) is 0. The Morgan fingerprint density at radius 2 is 2.29 bits per heavy atom. The van der Waals surface area contributed by atoms with Gasteiger partial charge in [0, 0.05) is 7.05 Å². The Bertz CT molecular complexity index is 211. The number of hydrogen-bond donors (Lipinski definition) is 0. The van der Waals surface area contributed by atoms with E-state index < -0.39 is 0 Å². The predicted molar refractivity (Wildman–Crippen MR) is 58.2 cm³/mol. The lowest BCUT2D eigenvalue weighted by molar-refractivity contribution is 0.108. The van der Waals surface area contributed by atoms with E-state index in [1.54, 1.807) is 24.9 Å². The van der Waals surface area contributed by atoms with E-state index >= 15 is 0 Å². The van der Waals surface area contributed by atoms with Crippen LogP contribution in [0, 0.1) is 0 Å². The molecule has 0 aliphatic heterocycles. The standard InChI is InChI=1S/C11H19NO2/c1-5-8-10(9-6-2)12(4)11(13)14-7-3/h5-6,9-10H,1,7-8H2,2-4H3/b9-6+. The molecule has 1 unspecified atom stereocenters. The van der Waals surface area contributed by atoms with E-state index in [9.17, 15) is 4.79 Å². The molecule has 0 spiro atoms. The van der Waals surface area contributed by atoms with E-state index in [-0.39, 0.29) is 12.1 Å². The number of carbonyl (C=O) groups excluding carboxylic acids is 1. The van der Waals surface area contributed by atoms with Crippen LogP contribution in [0.3, 0.4) is 0 Å². The lowest BCUT2D eigenvalue weighted by Crippen LogP contribution is -2.35. The summed E-state index contributed by atoms with van der Waals surface area (Å²) in [5.74, 6) is 0. The number of nitrogens with zero attached hydrogens (tertiary/aromatic N) is 1. The molecule has 0 saturated carbocycles. The minimum absolute atomic E-state index is 0.0385. The van der Waals surface area contributed by atoms with E-state index in [2.05, 4.69) is 6.58 Å². The molecule has 0 aromatic heterocycles. The second-order valence-corrected chi connectivity index (χ2v) is 2.93. The summed E-state index contributed by atoms with van der Waals surface area (Å²) in [4.78, 5) is 12.9. The number of ether oxygens (including phenoxy) is 1. The van der Waals surface area contributed by atoms with E-state index in [1.807, 2.05) is 19.1 Å². The second-order valence-electron chi connectivity index (χ2n) is 2.93. The van der Waals surface area contributed by atoms with Crippen LogP contribution >= 0.6 is 0 Å². The van der Waals surface area contributed by atoms with E-state index in [0.29, 0.717) is 6.61 Å². The van der Waals surface area contributed by atoms with Crippen LogP contribution in [0.4, 0.5) is 4.79 Å². The summed E-state index contributed by atoms with van der Waals surface area (Å²) in [6.07, 6.45) is 6.11. The molecule has 0 bridgehead atoms. The van der Waals surface area contributed by atoms with E-state index in [1.165, 1.54) is 0 Å². The average Bonchev–Trinajstić information content (AvgIpc) is 2.17. The third-order valence-electron chi connectivity index (χ3n) is 1.88. The van der Waals surface area contributed by atoms with Gasteiger partial charge in [-0.05, 0) is 20.3 Å². The molecule has 80 valence electrons. The number of hydrogen-bond acceptors (Lipinski definition) is 2. The molecule has 3 heteroatoms. The normalized spacial score (nSPS) is 12.5. The summed E-state index contributed by atoms with van der Waals surface area (Å²) in [7, 11) is 1.73. The van der Waals surface area contributed by atoms with Crippen molar-refractivity contribution in [2.75, 3.05) is 13.7 Å². The maximum Gasteiger partial charge on any atom is 0.409 e. The SMILES string of the molecule is C=CCC(/C=C/C)N(C)C(=O)OCC. The Hall–Kier alpha value is -1.25. The highest BCUT2D eigenvalue weighted by atomic mass is 16.6. The van der Waals surface area contributed by atoms with Crippen molar-refractivity contribution in [3.05, 3.63) is 24.8 Å². The lowest BCUT2D eigenvalue weighted by atomic mass is 10.2. The van der Waals surface area contributed by atoms with Crippen molar-refractivity contribution in [1.29, 1.82) is 0 Å². The fourth-order valence-electron chi connectivity index (χ4n) is 1.12. The topological polar surface area (TPSA) is 29.5 Å². The molecule has 0 aliphatic carbocycles. The zero-order valence-corrected chi connectivity index (χ0v) is 9.19. The van der Waals surface area contributed by atoms with Crippen LogP contribution in [0.15, 0.2) is 24.8 Å². The molecule has 0 saturated heterocycles. The van der Waals surface area contributed by atoms with Crippen LogP contribution in [0.25, 0.3) is 0 Å². The maximum atomic E-state index is 11.4. The van der Waals surface area contributed by atoms with Gasteiger partial charge in [-0.25, -0.2) is 4.79 Å². The zero-order chi connectivity index (χ0) is 11.0. The number of rotatable bonds is 5. The van der Waals surface area contributed by atoms with Gasteiger partial charge in [-0.2, -0.15) is 0 Å². The lowest BCUT2D eigenvalue weighted by Gasteiger charge is -2.23. The van der Waals surface area contributed by atoms with Gasteiger partial charge in [0.15, 0.2) is 0 Å². The van der Waals surface area contributed by atoms with Crippen molar-refractivity contribution in [2.45, 2.75) is 26.3 Å². The zero-order valence-electron chi connectivity index (χ0n) is 9.19. The Morgan fingerprint density at radius 1 is 1.64 bits per heavy atom. The van der Waals surface area contributed by atoms with Crippen LogP contribution in [0.1, 0.15) is 20.3 Å². The third kappa shape index (κ3) is 4.12. The molecule has 0 aliphatic rings. The van der Waals surface area contributed by atoms with E-state index in [4.69, 9.17) is 4.74 Å². The first-order chi connectivity index (χ1) is 6.67. The number of likely N-dealkylation sites (N-methyl/N-ethyl adjacent to an activating group) is 1. The largest absolute Gasteiger partial charge is 0.450 e. The van der Waals surface area contributed by atoms with Gasteiger partial charge < -0.3 is 9.64 Å². The van der Waals surface area contributed by atoms with Crippen LogP contribution in [0.5, 0.6) is 0 Å². The van der Waals surface area contributed by atoms with Crippen molar-refractivity contribution < 1.29 is 9.53 Å². The Morgan fingerprint density at radius 3 is 2.71 bits per heavy atom. The highest BCUT2D eigenvalue weighted by molar-refractivity contribution is 5.67. The fourth-order valence-corrected chi connectivity index (χ4v) is 1.12. The molecule has 0 rings (SSSR count). The molecular formula is C11H19NO2. The summed E-state index contributed by atoms with van der Waals surface area (Å²) < 4.78 is 4.90. The number of amides is 1. The molecule has 1 atom stereocenters. The van der Waals surface area contributed by atoms with Crippen molar-refractivity contribution in [3.8, 4) is 0 Å². The van der Waals surface area contributed by atoms with Crippen LogP contribution in [0.2, 0.25) is 0 Å². The molecular weight excluding hydrogens is 178 g/mol. The van der Waals surface area contributed by atoms with Crippen LogP contribution in [-0.4, -0.2) is 30.7 Å². The second kappa shape index (κ2) is 7.18. The molecule has 14 heavy (non-hydrogen) atoms. The summed E-state index contributed by atoms with van der Waals surface area (Å²) in [6, 6.07) is 0.0385. The number of carbonyl (C=O) groups is 1. The maximum absolute atomic E-state index is 11.4. The van der Waals surface area contributed by atoms with Crippen LogP contribution in [-0.2, 0) is 4.74 Å². The summed E-state index contributed by atoms with van der Waals surface area (Å²) in [6.45, 7) is 7.78. The van der Waals surface area contributed by atoms with Gasteiger partial charge >= 0.3 is 6.09 Å². The van der Waals surface area contributed by atoms with Crippen molar-refractivity contribution >= 4 is 6.09 Å². The first-order valence-corrected chi connectivity index (χ1v) is 4.80. The van der Waals surface area contributed by atoms with Gasteiger partial charge in [-0.15, -0.1) is 6.58 Å². The third-order valence-corrected chi connectivity index (χ3v) is 1.88. The van der Waals surface area contributed by atoms with E-state index in [0.717, 1.165) is 6.42 Å². The quantitative estimate of drug-likeness (QED) is 0.634. The molecule has 1 amide bonds. The summed E-state index contributed by atoms with van der Waals surface area (Å²) in [5, 5.41) is 0. The number of allylic oxidation sites excluding steroid dienone is 1. The minimum atomic E-state index is -0.294. The van der Waals surface area contributed by atoms with Gasteiger partial charge in [-0.1, -0.05) is 18.2 Å². The molecule has 0 heterocycles. The van der Waals surface area contributed by atoms with Gasteiger partial charge in [-0.3, -0.25) is 0 Å². The van der Waals surface area contributed by atoms with Crippen molar-refractivity contribution in [2.24, 2.45) is 0 Å². The molecule has 0 fully saturated rings. The molecule has 0 aromatic rings. The van der Waals surface area contributed by atoms with Gasteiger partial charge in [0.05, 0.1) is 12.6 Å². The molecule has 3 nitrogen and oxygen atoms in total. The predicted octanol–water partition coefficient (Wildman–Crippen LogP) is 2.60. The Balaban J connectivity index is 4.33. The monoisotopic (exact) mass is 197 g/mol. The van der Waals surface area contributed by atoms with Crippen molar-refractivity contribution in [3.63, 3.8) is 0 Å². The summed E-state index contributed by atoms with van der Waals surface area (Å²) >= 11 is 0. The first-order valence-electron chi connectivity index (χ1n) is 4.80. The van der Waals surface area contributed by atoms with Gasteiger partial charge in [0.1, 0.15) is 0 Å². The van der Waals surface area contributed by atoms with Gasteiger partial charge in [0.25, 0.3) is 0 Å². The first kappa shape index (κ1) is 12.8. The van der Waals surface area contributed by atoms with Gasteiger partial charge in [0.2, 0.25) is 0 Å². The minimum Gasteiger partial charge on any atom is -0.450 e. The highest BCUT2D eigenvalue weighted by Crippen LogP contribution is 2.06. The van der Waals surface area contributed by atoms with Crippen molar-refractivity contribution in [1.82, 2.24) is 4.90 Å². The average molecular weight is 197 g/mol. The highest BCUT2D eigenvalue weighted by Gasteiger charge is 2.16.